The SMILES string of the molecule is CCOC(=O)c1cc(N)cnc1SC(C)(C)C. The highest BCUT2D eigenvalue weighted by Crippen LogP contribution is 2.33. The highest BCUT2D eigenvalue weighted by molar-refractivity contribution is 8.00. The van der Waals surface area contributed by atoms with Crippen LogP contribution in [-0.4, -0.2) is 22.3 Å². The summed E-state index contributed by atoms with van der Waals surface area (Å²) in [6, 6.07) is 1.61. The maximum Gasteiger partial charge on any atom is 0.340 e. The Balaban J connectivity index is 3.08. The Morgan fingerprint density at radius 2 is 2.18 bits per heavy atom. The van der Waals surface area contributed by atoms with Crippen LogP contribution in [-0.2, 0) is 4.74 Å². The van der Waals surface area contributed by atoms with Crippen molar-refractivity contribution in [3.8, 4) is 0 Å². The molecular weight excluding hydrogens is 236 g/mol. The molecule has 1 heterocycles. The molecule has 0 aliphatic rings. The van der Waals surface area contributed by atoms with Gasteiger partial charge in [-0.15, -0.1) is 0 Å². The van der Waals surface area contributed by atoms with Crippen molar-refractivity contribution in [1.29, 1.82) is 0 Å². The molecule has 0 aromatic carbocycles. The summed E-state index contributed by atoms with van der Waals surface area (Å²) in [6.07, 6.45) is 1.55. The number of nitrogens with two attached hydrogens (primary N) is 1. The minimum absolute atomic E-state index is 0.0235. The maximum atomic E-state index is 11.8. The average Bonchev–Trinajstić information content (AvgIpc) is 2.19. The van der Waals surface area contributed by atoms with Crippen molar-refractivity contribution >= 4 is 23.4 Å². The molecule has 0 aliphatic carbocycles. The van der Waals surface area contributed by atoms with Crippen LogP contribution in [0.2, 0.25) is 0 Å². The van der Waals surface area contributed by atoms with E-state index in [0.717, 1.165) is 0 Å². The van der Waals surface area contributed by atoms with Crippen molar-refractivity contribution in [3.05, 3.63) is 17.8 Å². The van der Waals surface area contributed by atoms with Crippen LogP contribution in [0.4, 0.5) is 5.69 Å². The fraction of sp³-hybridized carbons (Fsp3) is 0.500. The monoisotopic (exact) mass is 254 g/mol. The molecule has 1 aromatic heterocycles. The predicted octanol–water partition coefficient (Wildman–Crippen LogP) is 2.73. The van der Waals surface area contributed by atoms with E-state index in [1.165, 1.54) is 11.8 Å². The van der Waals surface area contributed by atoms with E-state index in [2.05, 4.69) is 25.8 Å². The number of carbonyl (C=O) groups excluding carboxylic acids is 1. The van der Waals surface area contributed by atoms with Crippen LogP contribution in [0.1, 0.15) is 38.1 Å². The molecule has 4 nitrogen and oxygen atoms in total. The lowest BCUT2D eigenvalue weighted by atomic mass is 10.2. The lowest BCUT2D eigenvalue weighted by Gasteiger charge is -2.18. The molecule has 0 fully saturated rings. The Hall–Kier alpha value is -1.23. The fourth-order valence-electron chi connectivity index (χ4n) is 1.19. The smallest absolute Gasteiger partial charge is 0.340 e. The zero-order valence-electron chi connectivity index (χ0n) is 10.6. The van der Waals surface area contributed by atoms with E-state index in [0.29, 0.717) is 22.9 Å². The summed E-state index contributed by atoms with van der Waals surface area (Å²) >= 11 is 1.52. The molecule has 0 aliphatic heterocycles. The third kappa shape index (κ3) is 4.26. The number of nitrogens with zero attached hydrogens (tertiary/aromatic N) is 1. The Kier molecular flexibility index (Phi) is 4.40. The van der Waals surface area contributed by atoms with Crippen LogP contribution < -0.4 is 5.73 Å². The van der Waals surface area contributed by atoms with Gasteiger partial charge in [-0.2, -0.15) is 0 Å². The molecule has 0 atom stereocenters. The first-order valence-electron chi connectivity index (χ1n) is 5.45. The van der Waals surface area contributed by atoms with Crippen molar-refractivity contribution in [3.63, 3.8) is 0 Å². The van der Waals surface area contributed by atoms with Crippen LogP contribution >= 0.6 is 11.8 Å². The van der Waals surface area contributed by atoms with Gasteiger partial charge in [0.15, 0.2) is 0 Å². The summed E-state index contributed by atoms with van der Waals surface area (Å²) in [7, 11) is 0. The number of aromatic nitrogens is 1. The minimum atomic E-state index is -0.376. The van der Waals surface area contributed by atoms with E-state index in [4.69, 9.17) is 10.5 Å². The quantitative estimate of drug-likeness (QED) is 0.663. The number of pyridine rings is 1. The van der Waals surface area contributed by atoms with Crippen molar-refractivity contribution in [2.24, 2.45) is 0 Å². The van der Waals surface area contributed by atoms with Crippen molar-refractivity contribution in [2.45, 2.75) is 37.5 Å². The van der Waals surface area contributed by atoms with Crippen molar-refractivity contribution in [1.82, 2.24) is 4.98 Å². The Labute approximate surface area is 106 Å². The molecule has 0 saturated carbocycles. The van der Waals surface area contributed by atoms with Crippen LogP contribution in [0.5, 0.6) is 0 Å². The summed E-state index contributed by atoms with van der Waals surface area (Å²) in [5.41, 5.74) is 6.55. The van der Waals surface area contributed by atoms with Gasteiger partial charge >= 0.3 is 5.97 Å². The second-order valence-corrected chi connectivity index (χ2v) is 6.37. The highest BCUT2D eigenvalue weighted by atomic mass is 32.2. The number of esters is 1. The van der Waals surface area contributed by atoms with Crippen LogP contribution in [0.25, 0.3) is 0 Å². The van der Waals surface area contributed by atoms with Gasteiger partial charge < -0.3 is 10.5 Å². The number of ether oxygens (including phenoxy) is 1. The molecule has 2 N–H and O–H groups in total. The molecule has 0 saturated heterocycles. The zero-order chi connectivity index (χ0) is 13.1. The highest BCUT2D eigenvalue weighted by Gasteiger charge is 2.20. The first-order chi connectivity index (χ1) is 7.83. The number of nitrogen functional groups attached to an aromatic ring is 1. The van der Waals surface area contributed by atoms with E-state index in [1.807, 2.05) is 0 Å². The van der Waals surface area contributed by atoms with Gasteiger partial charge in [-0.3, -0.25) is 0 Å². The van der Waals surface area contributed by atoms with E-state index >= 15 is 0 Å². The van der Waals surface area contributed by atoms with Gasteiger partial charge in [0.1, 0.15) is 5.03 Å². The molecule has 1 rings (SSSR count). The van der Waals surface area contributed by atoms with Gasteiger partial charge in [0.05, 0.1) is 24.1 Å². The van der Waals surface area contributed by atoms with Gasteiger partial charge in [-0.25, -0.2) is 9.78 Å². The molecule has 17 heavy (non-hydrogen) atoms. The van der Waals surface area contributed by atoms with Gasteiger partial charge in [-0.05, 0) is 13.0 Å². The van der Waals surface area contributed by atoms with Crippen molar-refractivity contribution < 1.29 is 9.53 Å². The molecule has 0 amide bonds. The fourth-order valence-corrected chi connectivity index (χ4v) is 2.13. The van der Waals surface area contributed by atoms with Crippen LogP contribution in [0.15, 0.2) is 17.3 Å². The van der Waals surface area contributed by atoms with Gasteiger partial charge in [0.25, 0.3) is 0 Å². The maximum absolute atomic E-state index is 11.8. The van der Waals surface area contributed by atoms with Crippen LogP contribution in [0.3, 0.4) is 0 Å². The molecular formula is C12H18N2O2S. The van der Waals surface area contributed by atoms with Crippen molar-refractivity contribution in [2.75, 3.05) is 12.3 Å². The summed E-state index contributed by atoms with van der Waals surface area (Å²) in [5.74, 6) is -0.376. The number of hydrogen-bond donors (Lipinski definition) is 1. The van der Waals surface area contributed by atoms with E-state index in [1.54, 1.807) is 19.2 Å². The summed E-state index contributed by atoms with van der Waals surface area (Å²) in [4.78, 5) is 16.0. The molecule has 1 aromatic rings. The minimum Gasteiger partial charge on any atom is -0.462 e. The number of thioether (sulfide) groups is 1. The molecule has 0 spiro atoms. The number of rotatable bonds is 3. The molecule has 94 valence electrons. The number of anilines is 1. The number of carbonyl (C=O) groups is 1. The Morgan fingerprint density at radius 1 is 1.53 bits per heavy atom. The first-order valence-corrected chi connectivity index (χ1v) is 6.27. The molecule has 0 bridgehead atoms. The zero-order valence-corrected chi connectivity index (χ0v) is 11.4. The van der Waals surface area contributed by atoms with Gasteiger partial charge in [-0.1, -0.05) is 32.5 Å². The first kappa shape index (κ1) is 13.8. The van der Waals surface area contributed by atoms with Gasteiger partial charge in [0.2, 0.25) is 0 Å². The average molecular weight is 254 g/mol. The molecule has 0 unspecified atom stereocenters. The molecule has 0 radical (unpaired) electrons. The van der Waals surface area contributed by atoms with E-state index in [-0.39, 0.29) is 10.7 Å². The lowest BCUT2D eigenvalue weighted by molar-refractivity contribution is 0.0521. The number of hydrogen-bond acceptors (Lipinski definition) is 5. The van der Waals surface area contributed by atoms with E-state index < -0.39 is 0 Å². The third-order valence-electron chi connectivity index (χ3n) is 1.77. The van der Waals surface area contributed by atoms with Crippen LogP contribution in [0, 0.1) is 0 Å². The topological polar surface area (TPSA) is 65.2 Å². The summed E-state index contributed by atoms with van der Waals surface area (Å²) in [5, 5.41) is 0.658. The second-order valence-electron chi connectivity index (χ2n) is 4.56. The van der Waals surface area contributed by atoms with E-state index in [9.17, 15) is 4.79 Å². The Bertz CT molecular complexity index is 413. The summed E-state index contributed by atoms with van der Waals surface area (Å²) < 4.78 is 4.97. The lowest BCUT2D eigenvalue weighted by Crippen LogP contribution is -2.13. The standard InChI is InChI=1S/C12H18N2O2S/c1-5-16-11(15)9-6-8(13)7-14-10(9)17-12(2,3)4/h6-7H,5,13H2,1-4H3. The Morgan fingerprint density at radius 3 is 2.71 bits per heavy atom. The second kappa shape index (κ2) is 5.40. The third-order valence-corrected chi connectivity index (χ3v) is 2.90. The normalized spacial score (nSPS) is 11.3. The van der Waals surface area contributed by atoms with Gasteiger partial charge in [0, 0.05) is 4.75 Å². The largest absolute Gasteiger partial charge is 0.462 e. The molecule has 5 heteroatoms. The summed E-state index contributed by atoms with van der Waals surface area (Å²) in [6.45, 7) is 8.29. The predicted molar refractivity (Wildman–Crippen MR) is 70.2 cm³/mol.